The quantitative estimate of drug-likeness (QED) is 0.285. The van der Waals surface area contributed by atoms with Crippen LogP contribution in [0.1, 0.15) is 78.1 Å². The third-order valence-electron chi connectivity index (χ3n) is 10.5. The van der Waals surface area contributed by atoms with Crippen molar-refractivity contribution < 1.29 is 48.6 Å². The Balaban J connectivity index is 2.10. The van der Waals surface area contributed by atoms with E-state index in [2.05, 4.69) is 6.58 Å². The summed E-state index contributed by atoms with van der Waals surface area (Å²) in [5.41, 5.74) is -0.481. The normalized spacial score (nSPS) is 40.6. The van der Waals surface area contributed by atoms with Crippen molar-refractivity contribution >= 4 is 11.9 Å². The molecular weight excluding hydrogens is 618 g/mol. The van der Waals surface area contributed by atoms with E-state index in [1.54, 1.807) is 45.0 Å². The number of nitrogens with zero attached hydrogens (tertiary/aromatic N) is 1. The number of carbonyl (C=O) groups excluding carboxylic acids is 2. The third-order valence-corrected chi connectivity index (χ3v) is 10.5. The van der Waals surface area contributed by atoms with Gasteiger partial charge in [-0.25, -0.2) is 4.79 Å². The highest BCUT2D eigenvalue weighted by Gasteiger charge is 2.51. The molecule has 0 aliphatic carbocycles. The SMILES string of the molecule is C=C1[C@@H](CC)OC(=O)[C@H](C)[C@@H](O)[C@H](C)[C@@H](O[C@@H]2O[C@H](C)C[C@H](N(C)C)[C@H]2OC(=O)c2ccccc2)[C@](C)(OC)C[C@@H](C)[C@H](O)[C@H](C)[C@H]1O. The van der Waals surface area contributed by atoms with Crippen LogP contribution in [0.2, 0.25) is 0 Å². The Morgan fingerprint density at radius 2 is 1.67 bits per heavy atom. The zero-order chi connectivity index (χ0) is 36.1. The van der Waals surface area contributed by atoms with Crippen molar-refractivity contribution in [2.24, 2.45) is 23.7 Å². The van der Waals surface area contributed by atoms with Gasteiger partial charge in [0.1, 0.15) is 6.10 Å². The summed E-state index contributed by atoms with van der Waals surface area (Å²) in [4.78, 5) is 28.8. The minimum Gasteiger partial charge on any atom is -0.457 e. The van der Waals surface area contributed by atoms with Crippen molar-refractivity contribution in [2.45, 2.75) is 128 Å². The fourth-order valence-electron chi connectivity index (χ4n) is 7.25. The number of carbonyl (C=O) groups is 2. The zero-order valence-corrected chi connectivity index (χ0v) is 30.4. The largest absolute Gasteiger partial charge is 0.457 e. The third kappa shape index (κ3) is 9.04. The van der Waals surface area contributed by atoms with Crippen LogP contribution in [0.4, 0.5) is 0 Å². The van der Waals surface area contributed by atoms with Gasteiger partial charge in [0.25, 0.3) is 0 Å². The number of hydrogen-bond donors (Lipinski definition) is 3. The second-order valence-corrected chi connectivity index (χ2v) is 14.4. The zero-order valence-electron chi connectivity index (χ0n) is 30.4. The molecule has 2 aliphatic rings. The van der Waals surface area contributed by atoms with E-state index in [1.807, 2.05) is 52.8 Å². The summed E-state index contributed by atoms with van der Waals surface area (Å²) in [6.45, 7) is 16.5. The molecule has 272 valence electrons. The second-order valence-electron chi connectivity index (χ2n) is 14.4. The molecule has 0 saturated carbocycles. The molecule has 11 heteroatoms. The summed E-state index contributed by atoms with van der Waals surface area (Å²) in [5, 5.41) is 34.4. The standard InChI is InChI=1S/C37H59NO10/c1-12-28-22(4)30(40)23(5)29(39)20(2)19-37(8,44-11)33(24(6)31(41)25(7)34(42)46-28)48-36-32(27(38(9)10)18-21(3)45-36)47-35(43)26-16-14-13-15-17-26/h13-17,20-21,23-25,27-33,36,39-41H,4,12,18-19H2,1-3,5-11H3/t20-,21-,23+,24+,25-,27+,28-,29+,30+,31+,32-,33-,36+,37-/m1/s1. The predicted octanol–water partition coefficient (Wildman–Crippen LogP) is 3.98. The summed E-state index contributed by atoms with van der Waals surface area (Å²) < 4.78 is 31.3. The van der Waals surface area contributed by atoms with E-state index >= 15 is 0 Å². The lowest BCUT2D eigenvalue weighted by atomic mass is 9.74. The van der Waals surface area contributed by atoms with Crippen LogP contribution < -0.4 is 0 Å². The van der Waals surface area contributed by atoms with Gasteiger partial charge < -0.3 is 43.9 Å². The first kappa shape index (κ1) is 40.1. The van der Waals surface area contributed by atoms with Crippen LogP contribution in [-0.4, -0.2) is 114 Å². The van der Waals surface area contributed by atoms with E-state index in [0.717, 1.165) is 0 Å². The van der Waals surface area contributed by atoms with Gasteiger partial charge in [-0.1, -0.05) is 52.5 Å². The predicted molar refractivity (Wildman–Crippen MR) is 181 cm³/mol. The first-order chi connectivity index (χ1) is 22.5. The lowest BCUT2D eigenvalue weighted by molar-refractivity contribution is -0.301. The highest BCUT2D eigenvalue weighted by molar-refractivity contribution is 5.89. The van der Waals surface area contributed by atoms with Crippen molar-refractivity contribution in [3.05, 3.63) is 48.0 Å². The van der Waals surface area contributed by atoms with Crippen molar-refractivity contribution in [2.75, 3.05) is 21.2 Å². The number of aliphatic hydroxyl groups excluding tert-OH is 3. The maximum Gasteiger partial charge on any atom is 0.338 e. The second kappa shape index (κ2) is 17.0. The number of rotatable bonds is 7. The molecule has 0 unspecified atom stereocenters. The van der Waals surface area contributed by atoms with Crippen molar-refractivity contribution in [3.63, 3.8) is 0 Å². The first-order valence-corrected chi connectivity index (χ1v) is 17.2. The first-order valence-electron chi connectivity index (χ1n) is 17.2. The molecule has 0 radical (unpaired) electrons. The Morgan fingerprint density at radius 3 is 2.23 bits per heavy atom. The fraction of sp³-hybridized carbons (Fsp3) is 0.730. The number of benzene rings is 1. The Morgan fingerprint density at radius 1 is 1.04 bits per heavy atom. The Hall–Kier alpha value is -2.38. The van der Waals surface area contributed by atoms with E-state index in [0.29, 0.717) is 24.0 Å². The molecule has 48 heavy (non-hydrogen) atoms. The number of cyclic esters (lactones) is 1. The Bertz CT molecular complexity index is 1210. The van der Waals surface area contributed by atoms with Crippen LogP contribution in [-0.2, 0) is 28.5 Å². The molecule has 0 spiro atoms. The number of hydrogen-bond acceptors (Lipinski definition) is 11. The maximum atomic E-state index is 13.4. The minimum absolute atomic E-state index is 0.250. The molecule has 11 nitrogen and oxygen atoms in total. The minimum atomic E-state index is -1.26. The van der Waals surface area contributed by atoms with E-state index < -0.39 is 84.1 Å². The van der Waals surface area contributed by atoms with E-state index in [4.69, 9.17) is 23.7 Å². The van der Waals surface area contributed by atoms with E-state index in [9.17, 15) is 24.9 Å². The van der Waals surface area contributed by atoms with Gasteiger partial charge in [0, 0.05) is 18.9 Å². The highest BCUT2D eigenvalue weighted by Crippen LogP contribution is 2.40. The van der Waals surface area contributed by atoms with Gasteiger partial charge in [-0.15, -0.1) is 0 Å². The van der Waals surface area contributed by atoms with Crippen molar-refractivity contribution in [3.8, 4) is 0 Å². The van der Waals surface area contributed by atoms with Crippen LogP contribution >= 0.6 is 0 Å². The highest BCUT2D eigenvalue weighted by atomic mass is 16.7. The molecule has 2 saturated heterocycles. The molecule has 0 amide bonds. The van der Waals surface area contributed by atoms with E-state index in [-0.39, 0.29) is 18.6 Å². The maximum absolute atomic E-state index is 13.4. The van der Waals surface area contributed by atoms with Gasteiger partial charge in [-0.05, 0) is 77.8 Å². The summed E-state index contributed by atoms with van der Waals surface area (Å²) in [7, 11) is 5.34. The smallest absolute Gasteiger partial charge is 0.338 e. The van der Waals surface area contributed by atoms with Gasteiger partial charge >= 0.3 is 11.9 Å². The number of methoxy groups -OCH3 is 1. The van der Waals surface area contributed by atoms with Crippen LogP contribution in [0.5, 0.6) is 0 Å². The fourth-order valence-corrected chi connectivity index (χ4v) is 7.25. The van der Waals surface area contributed by atoms with E-state index in [1.165, 1.54) is 7.11 Å². The number of likely N-dealkylation sites (N-methyl/N-ethyl adjacent to an activating group) is 1. The molecule has 3 rings (SSSR count). The average Bonchev–Trinajstić information content (AvgIpc) is 3.07. The molecule has 0 bridgehead atoms. The van der Waals surface area contributed by atoms with Crippen LogP contribution in [0.25, 0.3) is 0 Å². The molecule has 1 aromatic rings. The van der Waals surface area contributed by atoms with Gasteiger partial charge in [-0.2, -0.15) is 0 Å². The molecule has 2 heterocycles. The van der Waals surface area contributed by atoms with Crippen LogP contribution in [0.15, 0.2) is 42.5 Å². The van der Waals surface area contributed by atoms with Crippen LogP contribution in [0.3, 0.4) is 0 Å². The summed E-state index contributed by atoms with van der Waals surface area (Å²) in [5.74, 6) is -3.97. The summed E-state index contributed by atoms with van der Waals surface area (Å²) >= 11 is 0. The molecule has 2 fully saturated rings. The molecular formula is C37H59NO10. The van der Waals surface area contributed by atoms with Crippen molar-refractivity contribution in [1.29, 1.82) is 0 Å². The summed E-state index contributed by atoms with van der Waals surface area (Å²) in [6.07, 6.45) is -6.16. The topological polar surface area (TPSA) is 144 Å². The average molecular weight is 678 g/mol. The lowest BCUT2D eigenvalue weighted by Crippen LogP contribution is -2.60. The lowest BCUT2D eigenvalue weighted by Gasteiger charge is -2.49. The van der Waals surface area contributed by atoms with Gasteiger partial charge in [0.15, 0.2) is 12.4 Å². The molecule has 0 aromatic heterocycles. The number of esters is 2. The summed E-state index contributed by atoms with van der Waals surface area (Å²) in [6, 6.07) is 8.42. The van der Waals surface area contributed by atoms with Crippen molar-refractivity contribution in [1.82, 2.24) is 4.90 Å². The van der Waals surface area contributed by atoms with Gasteiger partial charge in [0.2, 0.25) is 0 Å². The Kier molecular flexibility index (Phi) is 14.2. The molecule has 14 atom stereocenters. The molecule has 1 aromatic carbocycles. The Labute approximate surface area is 286 Å². The molecule has 3 N–H and O–H groups in total. The van der Waals surface area contributed by atoms with Gasteiger partial charge in [0.05, 0.1) is 53.6 Å². The van der Waals surface area contributed by atoms with Crippen LogP contribution in [0, 0.1) is 23.7 Å². The number of ether oxygens (including phenoxy) is 5. The molecule has 2 aliphatic heterocycles. The van der Waals surface area contributed by atoms with Gasteiger partial charge in [-0.3, -0.25) is 4.79 Å². The number of aliphatic hydroxyl groups is 3. The monoisotopic (exact) mass is 677 g/mol.